The van der Waals surface area contributed by atoms with E-state index in [1.54, 1.807) is 7.11 Å². The fourth-order valence-corrected chi connectivity index (χ4v) is 5.00. The van der Waals surface area contributed by atoms with Crippen molar-refractivity contribution in [2.45, 2.75) is 37.6 Å². The number of piperidine rings is 1. The Bertz CT molecular complexity index is 1130. The molecule has 5 rings (SSSR count). The molecule has 3 aromatic rings. The van der Waals surface area contributed by atoms with E-state index in [-0.39, 0.29) is 17.6 Å². The summed E-state index contributed by atoms with van der Waals surface area (Å²) in [4.78, 5) is 32.1. The number of likely N-dealkylation sites (tertiary alicyclic amines) is 1. The molecule has 1 amide bonds. The van der Waals surface area contributed by atoms with Crippen molar-refractivity contribution in [3.05, 3.63) is 83.4 Å². The summed E-state index contributed by atoms with van der Waals surface area (Å²) in [7, 11) is 1.67. The predicted octanol–water partition coefficient (Wildman–Crippen LogP) is 4.02. The van der Waals surface area contributed by atoms with Gasteiger partial charge in [0.2, 0.25) is 5.91 Å². The average molecular weight is 430 g/mol. The number of amides is 1. The molecule has 1 aromatic heterocycles. The number of hydrogen-bond acceptors (Lipinski definition) is 4. The molecule has 1 aliphatic carbocycles. The van der Waals surface area contributed by atoms with Gasteiger partial charge in [-0.2, -0.15) is 0 Å². The highest BCUT2D eigenvalue weighted by Crippen LogP contribution is 2.36. The molecule has 1 saturated heterocycles. The Kier molecular flexibility index (Phi) is 5.52. The second kappa shape index (κ2) is 8.61. The van der Waals surface area contributed by atoms with Gasteiger partial charge in [0.15, 0.2) is 5.78 Å². The molecule has 164 valence electrons. The molecule has 1 unspecified atom stereocenters. The Morgan fingerprint density at radius 1 is 1.09 bits per heavy atom. The topological polar surface area (TPSA) is 64.4 Å². The number of carbonyl (C=O) groups excluding carboxylic acids is 2. The third-order valence-electron chi connectivity index (χ3n) is 6.76. The molecule has 6 heteroatoms. The van der Waals surface area contributed by atoms with Gasteiger partial charge < -0.3 is 14.2 Å². The van der Waals surface area contributed by atoms with E-state index < -0.39 is 0 Å². The highest BCUT2D eigenvalue weighted by Gasteiger charge is 2.37. The Balaban J connectivity index is 1.23. The van der Waals surface area contributed by atoms with Crippen LogP contribution in [-0.2, 0) is 11.3 Å². The lowest BCUT2D eigenvalue weighted by atomic mass is 9.93. The summed E-state index contributed by atoms with van der Waals surface area (Å²) in [5, 5.41) is 0. The minimum absolute atomic E-state index is 0.0781. The van der Waals surface area contributed by atoms with Gasteiger partial charge in [-0.1, -0.05) is 36.4 Å². The molecule has 1 atom stereocenters. The van der Waals surface area contributed by atoms with E-state index in [0.29, 0.717) is 31.0 Å². The first kappa shape index (κ1) is 20.5. The van der Waals surface area contributed by atoms with E-state index in [0.717, 1.165) is 36.5 Å². The van der Waals surface area contributed by atoms with Gasteiger partial charge in [-0.3, -0.25) is 9.59 Å². The van der Waals surface area contributed by atoms with Gasteiger partial charge in [0.25, 0.3) is 0 Å². The monoisotopic (exact) mass is 429 g/mol. The number of imidazole rings is 1. The van der Waals surface area contributed by atoms with Crippen LogP contribution in [0.15, 0.2) is 60.9 Å². The average Bonchev–Trinajstić information content (AvgIpc) is 3.44. The van der Waals surface area contributed by atoms with E-state index in [9.17, 15) is 9.59 Å². The van der Waals surface area contributed by atoms with Crippen LogP contribution in [0.2, 0.25) is 0 Å². The molecule has 0 N–H and O–H groups in total. The fourth-order valence-electron chi connectivity index (χ4n) is 5.00. The molecule has 0 spiro atoms. The number of carbonyl (C=O) groups is 2. The minimum atomic E-state index is -0.327. The molecule has 0 radical (unpaired) electrons. The van der Waals surface area contributed by atoms with E-state index in [4.69, 9.17) is 4.74 Å². The Hall–Kier alpha value is -3.41. The summed E-state index contributed by atoms with van der Waals surface area (Å²) >= 11 is 0. The lowest BCUT2D eigenvalue weighted by Gasteiger charge is -2.33. The largest absolute Gasteiger partial charge is 0.497 e. The maximum atomic E-state index is 13.2. The number of nitrogens with zero attached hydrogens (tertiary/aromatic N) is 3. The summed E-state index contributed by atoms with van der Waals surface area (Å²) in [5.74, 6) is 2.09. The molecule has 0 bridgehead atoms. The highest BCUT2D eigenvalue weighted by molar-refractivity contribution is 6.06. The van der Waals surface area contributed by atoms with Crippen molar-refractivity contribution in [3.8, 4) is 5.75 Å². The summed E-state index contributed by atoms with van der Waals surface area (Å²) in [6.07, 6.45) is 5.95. The van der Waals surface area contributed by atoms with E-state index >= 15 is 0 Å². The van der Waals surface area contributed by atoms with Crippen molar-refractivity contribution in [1.82, 2.24) is 14.5 Å². The quantitative estimate of drug-likeness (QED) is 0.615. The smallest absolute Gasteiger partial charge is 0.230 e. The Morgan fingerprint density at radius 3 is 2.59 bits per heavy atom. The predicted molar refractivity (Wildman–Crippen MR) is 121 cm³/mol. The number of rotatable bonds is 5. The number of aromatic nitrogens is 2. The number of fused-ring (bicyclic) bond motifs is 1. The minimum Gasteiger partial charge on any atom is -0.497 e. The van der Waals surface area contributed by atoms with Crippen molar-refractivity contribution in [2.24, 2.45) is 0 Å². The third-order valence-corrected chi connectivity index (χ3v) is 6.76. The van der Waals surface area contributed by atoms with Gasteiger partial charge in [0.1, 0.15) is 11.6 Å². The fraction of sp³-hybridized carbons (Fsp3) is 0.346. The van der Waals surface area contributed by atoms with Crippen LogP contribution in [0.5, 0.6) is 5.75 Å². The van der Waals surface area contributed by atoms with E-state index in [1.807, 2.05) is 53.7 Å². The Morgan fingerprint density at radius 2 is 1.84 bits per heavy atom. The molecule has 1 aliphatic heterocycles. The van der Waals surface area contributed by atoms with Crippen LogP contribution < -0.4 is 4.74 Å². The van der Waals surface area contributed by atoms with Crippen molar-refractivity contribution < 1.29 is 14.3 Å². The standard InChI is InChI=1S/C26H27N3O3/c1-32-20-8-6-18(7-9-20)17-29-15-12-27-25(29)19-10-13-28(14-11-19)26(31)23-16-24(30)22-5-3-2-4-21(22)23/h2-9,12,15,19,23H,10-11,13-14,16-17H2,1H3. The number of hydrogen-bond donors (Lipinski definition) is 0. The van der Waals surface area contributed by atoms with Gasteiger partial charge in [-0.05, 0) is 36.1 Å². The first-order chi connectivity index (χ1) is 15.6. The normalized spacial score (nSPS) is 18.6. The van der Waals surface area contributed by atoms with Crippen molar-refractivity contribution in [1.29, 1.82) is 0 Å². The molecule has 2 aliphatic rings. The van der Waals surface area contributed by atoms with E-state index in [1.165, 1.54) is 5.56 Å². The second-order valence-corrected chi connectivity index (χ2v) is 8.63. The van der Waals surface area contributed by atoms with Crippen molar-refractivity contribution in [2.75, 3.05) is 20.2 Å². The Labute approximate surface area is 187 Å². The molecule has 1 fully saturated rings. The third kappa shape index (κ3) is 3.81. The summed E-state index contributed by atoms with van der Waals surface area (Å²) in [5.41, 5.74) is 2.79. The number of ether oxygens (including phenoxy) is 1. The number of benzene rings is 2. The van der Waals surface area contributed by atoms with Crippen LogP contribution in [0, 0.1) is 0 Å². The van der Waals surface area contributed by atoms with Crippen molar-refractivity contribution >= 4 is 11.7 Å². The lowest BCUT2D eigenvalue weighted by molar-refractivity contribution is -0.133. The molecule has 2 heterocycles. The lowest BCUT2D eigenvalue weighted by Crippen LogP contribution is -2.40. The molecule has 2 aromatic carbocycles. The van der Waals surface area contributed by atoms with Crippen LogP contribution in [0.4, 0.5) is 0 Å². The number of methoxy groups -OCH3 is 1. The molecule has 32 heavy (non-hydrogen) atoms. The zero-order valence-electron chi connectivity index (χ0n) is 18.2. The maximum absolute atomic E-state index is 13.2. The first-order valence-electron chi connectivity index (χ1n) is 11.2. The van der Waals surface area contributed by atoms with Crippen LogP contribution >= 0.6 is 0 Å². The van der Waals surface area contributed by atoms with Crippen LogP contribution in [-0.4, -0.2) is 46.3 Å². The summed E-state index contributed by atoms with van der Waals surface area (Å²) in [6, 6.07) is 15.6. The zero-order valence-corrected chi connectivity index (χ0v) is 18.2. The number of Topliss-reactive ketones (excluding diaryl/α,β-unsaturated/α-hetero) is 1. The van der Waals surface area contributed by atoms with Gasteiger partial charge in [-0.15, -0.1) is 0 Å². The van der Waals surface area contributed by atoms with Gasteiger partial charge in [0, 0.05) is 49.9 Å². The first-order valence-corrected chi connectivity index (χ1v) is 11.2. The molecule has 6 nitrogen and oxygen atoms in total. The van der Waals surface area contributed by atoms with Gasteiger partial charge in [0.05, 0.1) is 13.0 Å². The summed E-state index contributed by atoms with van der Waals surface area (Å²) in [6.45, 7) is 2.16. The number of ketones is 1. The molecular formula is C26H27N3O3. The van der Waals surface area contributed by atoms with E-state index in [2.05, 4.69) is 21.7 Å². The van der Waals surface area contributed by atoms with Crippen LogP contribution in [0.3, 0.4) is 0 Å². The van der Waals surface area contributed by atoms with Crippen LogP contribution in [0.25, 0.3) is 0 Å². The highest BCUT2D eigenvalue weighted by atomic mass is 16.5. The molecular weight excluding hydrogens is 402 g/mol. The zero-order chi connectivity index (χ0) is 22.1. The van der Waals surface area contributed by atoms with Gasteiger partial charge in [-0.25, -0.2) is 4.98 Å². The van der Waals surface area contributed by atoms with Gasteiger partial charge >= 0.3 is 0 Å². The maximum Gasteiger partial charge on any atom is 0.230 e. The second-order valence-electron chi connectivity index (χ2n) is 8.63. The van der Waals surface area contributed by atoms with Crippen LogP contribution in [0.1, 0.15) is 58.4 Å². The molecule has 0 saturated carbocycles. The SMILES string of the molecule is COc1ccc(Cn2ccnc2C2CCN(C(=O)C3CC(=O)c4ccccc43)CC2)cc1. The van der Waals surface area contributed by atoms with Crippen molar-refractivity contribution in [3.63, 3.8) is 0 Å². The summed E-state index contributed by atoms with van der Waals surface area (Å²) < 4.78 is 7.45.